The highest BCUT2D eigenvalue weighted by molar-refractivity contribution is 6.42. The first-order valence-corrected chi connectivity index (χ1v) is 5.83. The molecule has 4 heteroatoms. The summed E-state index contributed by atoms with van der Waals surface area (Å²) >= 11 is 11.8. The number of hydrogen-bond acceptors (Lipinski definition) is 2. The van der Waals surface area contributed by atoms with E-state index in [2.05, 4.69) is 12.2 Å². The summed E-state index contributed by atoms with van der Waals surface area (Å²) in [5.41, 5.74) is 6.61. The van der Waals surface area contributed by atoms with Gasteiger partial charge in [0.25, 0.3) is 0 Å². The molecule has 0 aliphatic rings. The molecule has 1 atom stereocenters. The Morgan fingerprint density at radius 1 is 1.33 bits per heavy atom. The molecule has 0 radical (unpaired) electrons. The van der Waals surface area contributed by atoms with Gasteiger partial charge in [-0.1, -0.05) is 36.2 Å². The smallest absolute Gasteiger partial charge is 0.0595 e. The quantitative estimate of drug-likeness (QED) is 0.839. The summed E-state index contributed by atoms with van der Waals surface area (Å²) in [6.45, 7) is 3.56. The molecule has 0 spiro atoms. The zero-order valence-electron chi connectivity index (χ0n) is 8.76. The van der Waals surface area contributed by atoms with E-state index in [-0.39, 0.29) is 0 Å². The molecule has 0 saturated carbocycles. The number of benzene rings is 1. The van der Waals surface area contributed by atoms with Gasteiger partial charge in [-0.2, -0.15) is 0 Å². The van der Waals surface area contributed by atoms with Gasteiger partial charge < -0.3 is 11.1 Å². The van der Waals surface area contributed by atoms with Crippen molar-refractivity contribution in [3.63, 3.8) is 0 Å². The molecule has 0 bridgehead atoms. The van der Waals surface area contributed by atoms with Crippen molar-refractivity contribution in [1.82, 2.24) is 5.32 Å². The average molecular weight is 247 g/mol. The first-order valence-electron chi connectivity index (χ1n) is 5.07. The number of halogens is 2. The van der Waals surface area contributed by atoms with Crippen molar-refractivity contribution >= 4 is 23.2 Å². The fraction of sp³-hybridized carbons (Fsp3) is 0.455. The summed E-state index contributed by atoms with van der Waals surface area (Å²) in [4.78, 5) is 0. The highest BCUT2D eigenvalue weighted by Crippen LogP contribution is 2.26. The Labute approximate surface area is 101 Å². The lowest BCUT2D eigenvalue weighted by atomic mass is 10.0. The maximum atomic E-state index is 5.96. The summed E-state index contributed by atoms with van der Waals surface area (Å²) in [6, 6.07) is 6.02. The highest BCUT2D eigenvalue weighted by atomic mass is 35.5. The maximum Gasteiger partial charge on any atom is 0.0595 e. The van der Waals surface area contributed by atoms with Crippen LogP contribution in [-0.2, 0) is 0 Å². The van der Waals surface area contributed by atoms with Crippen LogP contribution in [0, 0.1) is 0 Å². The largest absolute Gasteiger partial charge is 0.329 e. The summed E-state index contributed by atoms with van der Waals surface area (Å²) in [5, 5.41) is 4.55. The van der Waals surface area contributed by atoms with Gasteiger partial charge in [0.15, 0.2) is 0 Å². The van der Waals surface area contributed by atoms with Crippen molar-refractivity contribution in [3.8, 4) is 0 Å². The Kier molecular flexibility index (Phi) is 5.40. The Bertz CT molecular complexity index is 315. The van der Waals surface area contributed by atoms with E-state index in [4.69, 9.17) is 28.9 Å². The molecule has 15 heavy (non-hydrogen) atoms. The molecule has 84 valence electrons. The fourth-order valence-corrected chi connectivity index (χ4v) is 1.79. The molecular formula is C11H16Cl2N2. The Balaban J connectivity index is 2.78. The molecule has 1 aromatic carbocycles. The Morgan fingerprint density at radius 3 is 2.60 bits per heavy atom. The third-order valence-corrected chi connectivity index (χ3v) is 3.03. The van der Waals surface area contributed by atoms with Gasteiger partial charge in [0.05, 0.1) is 10.0 Å². The molecule has 0 saturated heterocycles. The van der Waals surface area contributed by atoms with Crippen molar-refractivity contribution in [1.29, 1.82) is 0 Å². The zero-order valence-corrected chi connectivity index (χ0v) is 10.3. The topological polar surface area (TPSA) is 38.0 Å². The van der Waals surface area contributed by atoms with Crippen molar-refractivity contribution in [2.75, 3.05) is 13.1 Å². The zero-order chi connectivity index (χ0) is 11.3. The lowest BCUT2D eigenvalue weighted by Crippen LogP contribution is -2.26. The van der Waals surface area contributed by atoms with Gasteiger partial charge in [-0.05, 0) is 24.1 Å². The molecule has 0 aromatic heterocycles. The van der Waals surface area contributed by atoms with E-state index in [1.54, 1.807) is 0 Å². The average Bonchev–Trinajstić information content (AvgIpc) is 2.24. The number of nitrogens with one attached hydrogen (secondary N) is 1. The molecule has 0 amide bonds. The molecular weight excluding hydrogens is 231 g/mol. The summed E-state index contributed by atoms with van der Waals surface area (Å²) in [7, 11) is 0. The van der Waals surface area contributed by atoms with Crippen molar-refractivity contribution in [2.24, 2.45) is 5.73 Å². The van der Waals surface area contributed by atoms with E-state index < -0.39 is 0 Å². The lowest BCUT2D eigenvalue weighted by Gasteiger charge is -2.17. The third-order valence-electron chi connectivity index (χ3n) is 2.29. The molecule has 0 aliphatic carbocycles. The second kappa shape index (κ2) is 6.33. The monoisotopic (exact) mass is 246 g/mol. The van der Waals surface area contributed by atoms with Crippen molar-refractivity contribution < 1.29 is 0 Å². The molecule has 0 aliphatic heterocycles. The normalized spacial score (nSPS) is 12.8. The second-order valence-electron chi connectivity index (χ2n) is 3.38. The predicted molar refractivity (Wildman–Crippen MR) is 66.6 cm³/mol. The number of rotatable bonds is 5. The molecule has 2 nitrogen and oxygen atoms in total. The van der Waals surface area contributed by atoms with Crippen LogP contribution in [0.1, 0.15) is 24.9 Å². The molecule has 1 unspecified atom stereocenters. The lowest BCUT2D eigenvalue weighted by molar-refractivity contribution is 0.527. The van der Waals surface area contributed by atoms with Crippen LogP contribution in [0.15, 0.2) is 18.2 Å². The summed E-state index contributed by atoms with van der Waals surface area (Å²) < 4.78 is 0. The van der Waals surface area contributed by atoms with E-state index in [1.807, 2.05) is 18.2 Å². The number of nitrogens with two attached hydrogens (primary N) is 1. The molecule has 3 N–H and O–H groups in total. The van der Waals surface area contributed by atoms with E-state index in [0.29, 0.717) is 22.6 Å². The van der Waals surface area contributed by atoms with Gasteiger partial charge in [-0.15, -0.1) is 0 Å². The van der Waals surface area contributed by atoms with Crippen LogP contribution in [0.5, 0.6) is 0 Å². The highest BCUT2D eigenvalue weighted by Gasteiger charge is 2.09. The Morgan fingerprint density at radius 2 is 2.07 bits per heavy atom. The van der Waals surface area contributed by atoms with Crippen LogP contribution >= 0.6 is 23.2 Å². The van der Waals surface area contributed by atoms with Gasteiger partial charge in [0.1, 0.15) is 0 Å². The van der Waals surface area contributed by atoms with Crippen LogP contribution < -0.4 is 11.1 Å². The molecule has 0 heterocycles. The minimum atomic E-state index is 0.295. The standard InChI is InChI=1S/C11H16Cl2N2/c1-2-11(15-6-5-14)8-3-4-9(12)10(13)7-8/h3-4,7,11,15H,2,5-6,14H2,1H3. The van der Waals surface area contributed by atoms with E-state index in [1.165, 1.54) is 0 Å². The molecule has 0 fully saturated rings. The van der Waals surface area contributed by atoms with Crippen LogP contribution in [0.25, 0.3) is 0 Å². The van der Waals surface area contributed by atoms with Crippen LogP contribution in [0.2, 0.25) is 10.0 Å². The van der Waals surface area contributed by atoms with Crippen molar-refractivity contribution in [3.05, 3.63) is 33.8 Å². The Hall–Kier alpha value is -0.280. The molecule has 1 aromatic rings. The van der Waals surface area contributed by atoms with E-state index in [9.17, 15) is 0 Å². The minimum Gasteiger partial charge on any atom is -0.329 e. The summed E-state index contributed by atoms with van der Waals surface area (Å²) in [5.74, 6) is 0. The van der Waals surface area contributed by atoms with Crippen LogP contribution in [-0.4, -0.2) is 13.1 Å². The summed E-state index contributed by atoms with van der Waals surface area (Å²) in [6.07, 6.45) is 0.998. The van der Waals surface area contributed by atoms with Gasteiger partial charge in [-0.25, -0.2) is 0 Å². The molecule has 1 rings (SSSR count). The maximum absolute atomic E-state index is 5.96. The first kappa shape index (κ1) is 12.8. The number of hydrogen-bond donors (Lipinski definition) is 2. The first-order chi connectivity index (χ1) is 7.19. The van der Waals surface area contributed by atoms with Gasteiger partial charge in [0, 0.05) is 19.1 Å². The van der Waals surface area contributed by atoms with Crippen LogP contribution in [0.3, 0.4) is 0 Å². The van der Waals surface area contributed by atoms with E-state index >= 15 is 0 Å². The van der Waals surface area contributed by atoms with Gasteiger partial charge in [0.2, 0.25) is 0 Å². The van der Waals surface area contributed by atoms with E-state index in [0.717, 1.165) is 18.5 Å². The third kappa shape index (κ3) is 3.65. The van der Waals surface area contributed by atoms with Crippen molar-refractivity contribution in [2.45, 2.75) is 19.4 Å². The fourth-order valence-electron chi connectivity index (χ4n) is 1.48. The predicted octanol–water partition coefficient (Wildman–Crippen LogP) is 2.99. The second-order valence-corrected chi connectivity index (χ2v) is 4.19. The van der Waals surface area contributed by atoms with Gasteiger partial charge in [-0.3, -0.25) is 0 Å². The SMILES string of the molecule is CCC(NCCN)c1ccc(Cl)c(Cl)c1. The van der Waals surface area contributed by atoms with Gasteiger partial charge >= 0.3 is 0 Å². The minimum absolute atomic E-state index is 0.295. The van der Waals surface area contributed by atoms with Crippen LogP contribution in [0.4, 0.5) is 0 Å².